The Morgan fingerprint density at radius 3 is 2.73 bits per heavy atom. The topological polar surface area (TPSA) is 35.2 Å². The first-order valence-corrected chi connectivity index (χ1v) is 5.36. The van der Waals surface area contributed by atoms with Crippen molar-refractivity contribution in [3.05, 3.63) is 42.0 Å². The number of hydrogen-bond acceptors (Lipinski definition) is 2. The number of ether oxygens (including phenoxy) is 1. The zero-order valence-corrected chi connectivity index (χ0v) is 9.23. The van der Waals surface area contributed by atoms with Crippen LogP contribution in [0.1, 0.15) is 18.9 Å². The van der Waals surface area contributed by atoms with Gasteiger partial charge in [-0.15, -0.1) is 0 Å². The highest BCUT2D eigenvalue weighted by atomic mass is 16.5. The van der Waals surface area contributed by atoms with Crippen LogP contribution >= 0.6 is 0 Å². The first-order valence-electron chi connectivity index (χ1n) is 5.36. The largest absolute Gasteiger partial charge is 0.374 e. The molecule has 0 saturated carbocycles. The highest BCUT2D eigenvalue weighted by Crippen LogP contribution is 2.01. The molecule has 1 aromatic rings. The van der Waals surface area contributed by atoms with Crippen LogP contribution < -0.4 is 5.73 Å². The number of hydrogen-bond donors (Lipinski definition) is 1. The van der Waals surface area contributed by atoms with E-state index in [-0.39, 0.29) is 6.10 Å². The van der Waals surface area contributed by atoms with E-state index in [1.54, 1.807) is 0 Å². The quantitative estimate of drug-likeness (QED) is 0.774. The Labute approximate surface area is 91.7 Å². The summed E-state index contributed by atoms with van der Waals surface area (Å²) in [5.74, 6) is 0. The maximum Gasteiger partial charge on any atom is 0.0654 e. The standard InChI is InChI=1S/C13H19NO/c1-12(9-10-14)15-11-5-8-13-6-3-2-4-7-13/h2-8,12H,9-11,14H2,1H3. The van der Waals surface area contributed by atoms with E-state index in [4.69, 9.17) is 10.5 Å². The van der Waals surface area contributed by atoms with Gasteiger partial charge < -0.3 is 10.5 Å². The van der Waals surface area contributed by atoms with Crippen molar-refractivity contribution < 1.29 is 4.74 Å². The average Bonchev–Trinajstić information content (AvgIpc) is 2.26. The molecule has 0 aromatic heterocycles. The predicted molar refractivity (Wildman–Crippen MR) is 64.6 cm³/mol. The average molecular weight is 205 g/mol. The molecule has 1 rings (SSSR count). The van der Waals surface area contributed by atoms with Gasteiger partial charge in [0, 0.05) is 0 Å². The molecule has 0 spiro atoms. The van der Waals surface area contributed by atoms with Crippen LogP contribution in [0.3, 0.4) is 0 Å². The van der Waals surface area contributed by atoms with Crippen LogP contribution in [0, 0.1) is 0 Å². The van der Waals surface area contributed by atoms with E-state index in [9.17, 15) is 0 Å². The third-order valence-electron chi connectivity index (χ3n) is 2.16. The normalized spacial score (nSPS) is 13.2. The smallest absolute Gasteiger partial charge is 0.0654 e. The lowest BCUT2D eigenvalue weighted by Crippen LogP contribution is -2.13. The molecule has 2 N–H and O–H groups in total. The minimum atomic E-state index is 0.246. The first-order chi connectivity index (χ1) is 7.33. The van der Waals surface area contributed by atoms with Crippen molar-refractivity contribution in [1.82, 2.24) is 0 Å². The molecular formula is C13H19NO. The fraction of sp³-hybridized carbons (Fsp3) is 0.385. The molecular weight excluding hydrogens is 186 g/mol. The van der Waals surface area contributed by atoms with Gasteiger partial charge in [-0.05, 0) is 25.5 Å². The van der Waals surface area contributed by atoms with Crippen molar-refractivity contribution in [2.75, 3.05) is 13.2 Å². The van der Waals surface area contributed by atoms with Crippen molar-refractivity contribution in [1.29, 1.82) is 0 Å². The highest BCUT2D eigenvalue weighted by molar-refractivity contribution is 5.48. The number of nitrogens with two attached hydrogens (primary N) is 1. The Bertz CT molecular complexity index is 282. The van der Waals surface area contributed by atoms with Crippen LogP contribution in [0.15, 0.2) is 36.4 Å². The SMILES string of the molecule is CC(CCN)OCC=Cc1ccccc1. The second kappa shape index (κ2) is 7.21. The summed E-state index contributed by atoms with van der Waals surface area (Å²) in [6.45, 7) is 3.38. The van der Waals surface area contributed by atoms with Crippen LogP contribution in [0.5, 0.6) is 0 Å². The fourth-order valence-corrected chi connectivity index (χ4v) is 1.29. The number of benzene rings is 1. The summed E-state index contributed by atoms with van der Waals surface area (Å²) in [6, 6.07) is 10.2. The van der Waals surface area contributed by atoms with Crippen molar-refractivity contribution in [2.24, 2.45) is 5.73 Å². The van der Waals surface area contributed by atoms with Crippen molar-refractivity contribution >= 4 is 6.08 Å². The molecule has 0 radical (unpaired) electrons. The van der Waals surface area contributed by atoms with E-state index in [2.05, 4.69) is 18.2 Å². The summed E-state index contributed by atoms with van der Waals surface area (Å²) >= 11 is 0. The summed E-state index contributed by atoms with van der Waals surface area (Å²) in [6.07, 6.45) is 5.26. The molecule has 1 unspecified atom stereocenters. The molecule has 0 aliphatic rings. The van der Waals surface area contributed by atoms with Gasteiger partial charge in [0.25, 0.3) is 0 Å². The zero-order valence-electron chi connectivity index (χ0n) is 9.23. The molecule has 0 fully saturated rings. The van der Waals surface area contributed by atoms with E-state index in [1.165, 1.54) is 5.56 Å². The molecule has 0 bridgehead atoms. The highest BCUT2D eigenvalue weighted by Gasteiger charge is 1.97. The second-order valence-corrected chi connectivity index (χ2v) is 3.53. The van der Waals surface area contributed by atoms with Gasteiger partial charge in [-0.3, -0.25) is 0 Å². The van der Waals surface area contributed by atoms with Crippen molar-refractivity contribution in [3.8, 4) is 0 Å². The molecule has 0 heterocycles. The van der Waals surface area contributed by atoms with Gasteiger partial charge >= 0.3 is 0 Å². The second-order valence-electron chi connectivity index (χ2n) is 3.53. The Morgan fingerprint density at radius 2 is 2.07 bits per heavy atom. The monoisotopic (exact) mass is 205 g/mol. The van der Waals surface area contributed by atoms with E-state index in [1.807, 2.05) is 31.2 Å². The van der Waals surface area contributed by atoms with Crippen molar-refractivity contribution in [2.45, 2.75) is 19.4 Å². The van der Waals surface area contributed by atoms with Gasteiger partial charge in [0.1, 0.15) is 0 Å². The third-order valence-corrected chi connectivity index (χ3v) is 2.16. The van der Waals surface area contributed by atoms with Crippen LogP contribution in [-0.2, 0) is 4.74 Å². The van der Waals surface area contributed by atoms with Crippen molar-refractivity contribution in [3.63, 3.8) is 0 Å². The molecule has 15 heavy (non-hydrogen) atoms. The van der Waals surface area contributed by atoms with Crippen LogP contribution in [-0.4, -0.2) is 19.3 Å². The minimum absolute atomic E-state index is 0.246. The summed E-state index contributed by atoms with van der Waals surface area (Å²) in [4.78, 5) is 0. The third kappa shape index (κ3) is 5.35. The molecule has 2 nitrogen and oxygen atoms in total. The lowest BCUT2D eigenvalue weighted by molar-refractivity contribution is 0.0841. The van der Waals surface area contributed by atoms with Crippen LogP contribution in [0.2, 0.25) is 0 Å². The maximum absolute atomic E-state index is 5.54. The molecule has 1 atom stereocenters. The minimum Gasteiger partial charge on any atom is -0.374 e. The van der Waals surface area contributed by atoms with E-state index < -0.39 is 0 Å². The van der Waals surface area contributed by atoms with Crippen LogP contribution in [0.4, 0.5) is 0 Å². The Kier molecular flexibility index (Phi) is 5.74. The Hall–Kier alpha value is -1.12. The lowest BCUT2D eigenvalue weighted by atomic mass is 10.2. The molecule has 0 amide bonds. The summed E-state index contributed by atoms with van der Waals surface area (Å²) < 4.78 is 5.54. The van der Waals surface area contributed by atoms with E-state index in [0.717, 1.165) is 6.42 Å². The predicted octanol–water partition coefficient (Wildman–Crippen LogP) is 2.45. The van der Waals surface area contributed by atoms with Gasteiger partial charge in [-0.1, -0.05) is 42.5 Å². The summed E-state index contributed by atoms with van der Waals surface area (Å²) in [5.41, 5.74) is 6.63. The summed E-state index contributed by atoms with van der Waals surface area (Å²) in [5, 5.41) is 0. The molecule has 0 aliphatic carbocycles. The molecule has 2 heteroatoms. The van der Waals surface area contributed by atoms with E-state index >= 15 is 0 Å². The number of rotatable bonds is 6. The van der Waals surface area contributed by atoms with Gasteiger partial charge in [-0.2, -0.15) is 0 Å². The van der Waals surface area contributed by atoms with Gasteiger partial charge in [0.2, 0.25) is 0 Å². The molecule has 0 aliphatic heterocycles. The lowest BCUT2D eigenvalue weighted by Gasteiger charge is -2.09. The van der Waals surface area contributed by atoms with Gasteiger partial charge in [0.15, 0.2) is 0 Å². The zero-order chi connectivity index (χ0) is 10.9. The fourth-order valence-electron chi connectivity index (χ4n) is 1.29. The van der Waals surface area contributed by atoms with Gasteiger partial charge in [-0.25, -0.2) is 0 Å². The Balaban J connectivity index is 2.23. The maximum atomic E-state index is 5.54. The summed E-state index contributed by atoms with van der Waals surface area (Å²) in [7, 11) is 0. The van der Waals surface area contributed by atoms with Crippen LogP contribution in [0.25, 0.3) is 6.08 Å². The molecule has 1 aromatic carbocycles. The molecule has 0 saturated heterocycles. The van der Waals surface area contributed by atoms with E-state index in [0.29, 0.717) is 13.2 Å². The van der Waals surface area contributed by atoms with Gasteiger partial charge in [0.05, 0.1) is 12.7 Å². The first kappa shape index (κ1) is 12.0. The Morgan fingerprint density at radius 1 is 1.33 bits per heavy atom. The molecule has 82 valence electrons.